The quantitative estimate of drug-likeness (QED) is 0.242. The molecule has 1 aliphatic rings. The van der Waals surface area contributed by atoms with Crippen LogP contribution in [0.15, 0.2) is 108 Å². The van der Waals surface area contributed by atoms with Crippen molar-refractivity contribution in [2.75, 3.05) is 17.5 Å². The zero-order chi connectivity index (χ0) is 28.1. The maximum Gasteiger partial charge on any atom is 0.270 e. The molecule has 1 amide bonds. The summed E-state index contributed by atoms with van der Waals surface area (Å²) in [6.07, 6.45) is 0.930. The van der Waals surface area contributed by atoms with Gasteiger partial charge in [-0.2, -0.15) is 0 Å². The fourth-order valence-electron chi connectivity index (χ4n) is 4.69. The third-order valence-corrected chi connectivity index (χ3v) is 8.74. The van der Waals surface area contributed by atoms with E-state index in [1.165, 1.54) is 9.87 Å². The van der Waals surface area contributed by atoms with Crippen LogP contribution >= 0.6 is 11.6 Å². The molecule has 0 saturated carbocycles. The number of hydrogen-bond donors (Lipinski definition) is 1. The number of rotatable bonds is 9. The molecule has 5 rings (SSSR count). The zero-order valence-electron chi connectivity index (χ0n) is 22.0. The summed E-state index contributed by atoms with van der Waals surface area (Å²) in [4.78, 5) is 13.4. The minimum absolute atomic E-state index is 0.0630. The normalized spacial score (nSPS) is 14.0. The number of benzene rings is 4. The first-order chi connectivity index (χ1) is 19.4. The lowest BCUT2D eigenvalue weighted by molar-refractivity contribution is -0.116. The number of nitrogens with zero attached hydrogens (tertiary/aromatic N) is 1. The van der Waals surface area contributed by atoms with Crippen LogP contribution in [0, 0.1) is 0 Å². The number of anilines is 1. The van der Waals surface area contributed by atoms with E-state index >= 15 is 0 Å². The second-order valence-electron chi connectivity index (χ2n) is 9.33. The van der Waals surface area contributed by atoms with Gasteiger partial charge < -0.3 is 10.1 Å². The van der Waals surface area contributed by atoms with Gasteiger partial charge in [0.25, 0.3) is 15.9 Å². The Morgan fingerprint density at radius 1 is 0.875 bits per heavy atom. The SMILES string of the molecule is CCc1ccc(OCCNC(=O)C2=C(c3ccccc3)c3cc(Cl)ccc3N(Cc3ccccc3)S2(=O)=O)cc1. The van der Waals surface area contributed by atoms with Crippen LogP contribution in [0.5, 0.6) is 5.75 Å². The predicted molar refractivity (Wildman–Crippen MR) is 160 cm³/mol. The Kier molecular flexibility index (Phi) is 8.24. The molecule has 0 aliphatic carbocycles. The van der Waals surface area contributed by atoms with E-state index in [0.717, 1.165) is 12.0 Å². The predicted octanol–water partition coefficient (Wildman–Crippen LogP) is 6.21. The Bertz CT molecular complexity index is 1640. The summed E-state index contributed by atoms with van der Waals surface area (Å²) < 4.78 is 35.5. The standard InChI is InChI=1S/C32H29ClN2O4S/c1-2-23-13-16-27(17-14-23)39-20-19-34-32(36)31-30(25-11-7-4-8-12-25)28-21-26(33)15-18-29(28)35(40(31,37)38)22-24-9-5-3-6-10-24/h3-18,21H,2,19-20,22H2,1H3,(H,34,36). The van der Waals surface area contributed by atoms with Gasteiger partial charge in [-0.25, -0.2) is 8.42 Å². The zero-order valence-corrected chi connectivity index (χ0v) is 23.6. The van der Waals surface area contributed by atoms with Crippen molar-refractivity contribution in [2.24, 2.45) is 0 Å². The van der Waals surface area contributed by atoms with Gasteiger partial charge in [0.1, 0.15) is 12.4 Å². The number of nitrogens with one attached hydrogen (secondary N) is 1. The smallest absolute Gasteiger partial charge is 0.270 e. The highest BCUT2D eigenvalue weighted by Crippen LogP contribution is 2.44. The van der Waals surface area contributed by atoms with E-state index in [-0.39, 0.29) is 24.6 Å². The summed E-state index contributed by atoms with van der Waals surface area (Å²) in [6.45, 7) is 2.45. The number of sulfonamides is 1. The molecular formula is C32H29ClN2O4S. The van der Waals surface area contributed by atoms with Crippen molar-refractivity contribution in [3.63, 3.8) is 0 Å². The molecular weight excluding hydrogens is 544 g/mol. The first-order valence-corrected chi connectivity index (χ1v) is 14.9. The van der Waals surface area contributed by atoms with Gasteiger partial charge in [0, 0.05) is 16.2 Å². The highest BCUT2D eigenvalue weighted by molar-refractivity contribution is 7.97. The summed E-state index contributed by atoms with van der Waals surface area (Å²) in [7, 11) is -4.27. The van der Waals surface area contributed by atoms with Crippen molar-refractivity contribution in [1.29, 1.82) is 0 Å². The van der Waals surface area contributed by atoms with Gasteiger partial charge in [-0.15, -0.1) is 0 Å². The number of amides is 1. The maximum absolute atomic E-state index is 14.2. The Morgan fingerprint density at radius 3 is 2.23 bits per heavy atom. The van der Waals surface area contributed by atoms with Crippen LogP contribution in [0.4, 0.5) is 5.69 Å². The van der Waals surface area contributed by atoms with E-state index in [4.69, 9.17) is 16.3 Å². The molecule has 1 heterocycles. The van der Waals surface area contributed by atoms with Gasteiger partial charge in [-0.3, -0.25) is 9.10 Å². The second-order valence-corrected chi connectivity index (χ2v) is 11.6. The molecule has 4 aromatic carbocycles. The number of halogens is 1. The summed E-state index contributed by atoms with van der Waals surface area (Å²) in [5.74, 6) is -0.0222. The van der Waals surface area contributed by atoms with Crippen molar-refractivity contribution >= 4 is 38.8 Å². The molecule has 1 N–H and O–H groups in total. The van der Waals surface area contributed by atoms with Crippen LogP contribution < -0.4 is 14.4 Å². The van der Waals surface area contributed by atoms with Crippen molar-refractivity contribution in [3.05, 3.63) is 135 Å². The van der Waals surface area contributed by atoms with Crippen LogP contribution in [-0.2, 0) is 27.8 Å². The molecule has 0 saturated heterocycles. The number of ether oxygens (including phenoxy) is 1. The molecule has 1 aliphatic heterocycles. The average molecular weight is 573 g/mol. The fraction of sp³-hybridized carbons (Fsp3) is 0.156. The van der Waals surface area contributed by atoms with E-state index in [2.05, 4.69) is 12.2 Å². The first kappa shape index (κ1) is 27.5. The van der Waals surface area contributed by atoms with Crippen molar-refractivity contribution in [3.8, 4) is 5.75 Å². The molecule has 8 heteroatoms. The molecule has 0 atom stereocenters. The van der Waals surface area contributed by atoms with Crippen LogP contribution in [0.2, 0.25) is 5.02 Å². The number of carbonyl (C=O) groups excluding carboxylic acids is 1. The summed E-state index contributed by atoms with van der Waals surface area (Å²) in [6, 6.07) is 31.1. The molecule has 4 aromatic rings. The minimum Gasteiger partial charge on any atom is -0.492 e. The second kappa shape index (κ2) is 12.0. The topological polar surface area (TPSA) is 75.7 Å². The maximum atomic E-state index is 14.2. The third kappa shape index (κ3) is 5.76. The van der Waals surface area contributed by atoms with Gasteiger partial charge in [-0.1, -0.05) is 91.3 Å². The van der Waals surface area contributed by atoms with Gasteiger partial charge in [-0.05, 0) is 53.4 Å². The molecule has 6 nitrogen and oxygen atoms in total. The lowest BCUT2D eigenvalue weighted by Crippen LogP contribution is -2.42. The Labute approximate surface area is 239 Å². The lowest BCUT2D eigenvalue weighted by Gasteiger charge is -2.33. The third-order valence-electron chi connectivity index (χ3n) is 6.70. The van der Waals surface area contributed by atoms with Crippen molar-refractivity contribution in [2.45, 2.75) is 19.9 Å². The number of carbonyl (C=O) groups is 1. The molecule has 0 radical (unpaired) electrons. The van der Waals surface area contributed by atoms with Gasteiger partial charge in [0.15, 0.2) is 4.91 Å². The molecule has 0 aromatic heterocycles. The van der Waals surface area contributed by atoms with E-state index < -0.39 is 15.9 Å². The number of aryl methyl sites for hydroxylation is 1. The largest absolute Gasteiger partial charge is 0.492 e. The fourth-order valence-corrected chi connectivity index (χ4v) is 6.62. The van der Waals surface area contributed by atoms with Crippen LogP contribution in [0.25, 0.3) is 5.57 Å². The Morgan fingerprint density at radius 2 is 1.55 bits per heavy atom. The minimum atomic E-state index is -4.27. The van der Waals surface area contributed by atoms with Crippen LogP contribution in [-0.4, -0.2) is 27.5 Å². The van der Waals surface area contributed by atoms with Gasteiger partial charge in [0.05, 0.1) is 18.8 Å². The number of hydrogen-bond acceptors (Lipinski definition) is 4. The average Bonchev–Trinajstić information content (AvgIpc) is 2.97. The van der Waals surface area contributed by atoms with E-state index in [9.17, 15) is 13.2 Å². The highest BCUT2D eigenvalue weighted by Gasteiger charge is 2.41. The Balaban J connectivity index is 1.52. The summed E-state index contributed by atoms with van der Waals surface area (Å²) in [5.41, 5.74) is 3.94. The molecule has 0 spiro atoms. The van der Waals surface area contributed by atoms with Crippen molar-refractivity contribution in [1.82, 2.24) is 5.32 Å². The molecule has 40 heavy (non-hydrogen) atoms. The van der Waals surface area contributed by atoms with Gasteiger partial charge >= 0.3 is 0 Å². The molecule has 204 valence electrons. The van der Waals surface area contributed by atoms with Crippen LogP contribution in [0.3, 0.4) is 0 Å². The van der Waals surface area contributed by atoms with E-state index in [0.29, 0.717) is 33.2 Å². The summed E-state index contributed by atoms with van der Waals surface area (Å²) in [5, 5.41) is 3.21. The van der Waals surface area contributed by atoms with E-state index in [1.807, 2.05) is 72.8 Å². The van der Waals surface area contributed by atoms with Crippen molar-refractivity contribution < 1.29 is 17.9 Å². The Hall–Kier alpha value is -4.07. The van der Waals surface area contributed by atoms with Gasteiger partial charge in [0.2, 0.25) is 0 Å². The lowest BCUT2D eigenvalue weighted by atomic mass is 9.95. The highest BCUT2D eigenvalue weighted by atomic mass is 35.5. The first-order valence-electron chi connectivity index (χ1n) is 13.0. The molecule has 0 fully saturated rings. The molecule has 0 unspecified atom stereocenters. The van der Waals surface area contributed by atoms with E-state index in [1.54, 1.807) is 30.3 Å². The number of fused-ring (bicyclic) bond motifs is 1. The monoisotopic (exact) mass is 572 g/mol. The van der Waals surface area contributed by atoms with Crippen LogP contribution in [0.1, 0.15) is 29.2 Å². The summed E-state index contributed by atoms with van der Waals surface area (Å²) >= 11 is 6.41. The molecule has 0 bridgehead atoms.